The van der Waals surface area contributed by atoms with Crippen molar-refractivity contribution < 1.29 is 9.66 Å². The Morgan fingerprint density at radius 3 is 2.75 bits per heavy atom. The van der Waals surface area contributed by atoms with Crippen molar-refractivity contribution in [3.05, 3.63) is 33.9 Å². The van der Waals surface area contributed by atoms with Crippen molar-refractivity contribution >= 4 is 11.4 Å². The lowest BCUT2D eigenvalue weighted by Gasteiger charge is -2.17. The lowest BCUT2D eigenvalue weighted by atomic mass is 10.1. The molecule has 0 spiro atoms. The highest BCUT2D eigenvalue weighted by Gasteiger charge is 2.13. The first-order valence-electron chi connectivity index (χ1n) is 6.86. The molecular weight excluding hydrogens is 258 g/mol. The Kier molecular flexibility index (Phi) is 6.97. The molecule has 1 N–H and O–H groups in total. The van der Waals surface area contributed by atoms with Crippen molar-refractivity contribution in [2.24, 2.45) is 0 Å². The van der Waals surface area contributed by atoms with Crippen LogP contribution in [-0.4, -0.2) is 43.2 Å². The van der Waals surface area contributed by atoms with Gasteiger partial charge >= 0.3 is 0 Å². The van der Waals surface area contributed by atoms with Gasteiger partial charge in [-0.15, -0.1) is 0 Å². The number of benzene rings is 1. The van der Waals surface area contributed by atoms with Crippen molar-refractivity contribution in [2.45, 2.75) is 20.4 Å². The maximum atomic E-state index is 10.9. The molecule has 0 atom stereocenters. The van der Waals surface area contributed by atoms with Crippen LogP contribution in [0.25, 0.3) is 0 Å². The second kappa shape index (κ2) is 8.50. The zero-order valence-electron chi connectivity index (χ0n) is 12.4. The summed E-state index contributed by atoms with van der Waals surface area (Å²) in [7, 11) is 2.01. The smallest absolute Gasteiger partial charge is 0.292 e. The molecule has 0 saturated carbocycles. The van der Waals surface area contributed by atoms with E-state index in [1.54, 1.807) is 12.1 Å². The lowest BCUT2D eigenvalue weighted by molar-refractivity contribution is -0.384. The first-order chi connectivity index (χ1) is 9.58. The standard InChI is InChI=1S/C14H23N3O3/c1-4-15-13-10-12(6-7-14(13)17(18)19)11-16(3)8-9-20-5-2/h6-7,10,15H,4-5,8-9,11H2,1-3H3. The fourth-order valence-electron chi connectivity index (χ4n) is 1.93. The van der Waals surface area contributed by atoms with E-state index < -0.39 is 0 Å². The predicted molar refractivity (Wildman–Crippen MR) is 80.1 cm³/mol. The van der Waals surface area contributed by atoms with Crippen LogP contribution < -0.4 is 5.32 Å². The Bertz CT molecular complexity index is 438. The van der Waals surface area contributed by atoms with Crippen molar-refractivity contribution in [2.75, 3.05) is 38.7 Å². The fourth-order valence-corrected chi connectivity index (χ4v) is 1.93. The van der Waals surface area contributed by atoms with Crippen LogP contribution >= 0.6 is 0 Å². The number of nitro benzene ring substituents is 1. The first-order valence-corrected chi connectivity index (χ1v) is 6.86. The van der Waals surface area contributed by atoms with E-state index in [-0.39, 0.29) is 10.6 Å². The van der Waals surface area contributed by atoms with Gasteiger partial charge < -0.3 is 10.1 Å². The number of hydrogen-bond donors (Lipinski definition) is 1. The molecule has 0 saturated heterocycles. The van der Waals surface area contributed by atoms with Gasteiger partial charge in [-0.25, -0.2) is 0 Å². The number of nitrogens with zero attached hydrogens (tertiary/aromatic N) is 2. The minimum Gasteiger partial charge on any atom is -0.380 e. The van der Waals surface area contributed by atoms with Gasteiger partial charge in [0.15, 0.2) is 0 Å². The van der Waals surface area contributed by atoms with Crippen LogP contribution in [0, 0.1) is 10.1 Å². The van der Waals surface area contributed by atoms with Gasteiger partial charge in [0.1, 0.15) is 5.69 Å². The van der Waals surface area contributed by atoms with Gasteiger partial charge in [0.25, 0.3) is 5.69 Å². The second-order valence-corrected chi connectivity index (χ2v) is 4.57. The van der Waals surface area contributed by atoms with Gasteiger partial charge in [-0.1, -0.05) is 6.07 Å². The zero-order valence-corrected chi connectivity index (χ0v) is 12.4. The molecule has 0 aliphatic heterocycles. The van der Waals surface area contributed by atoms with E-state index in [0.717, 1.165) is 25.3 Å². The number of nitrogens with one attached hydrogen (secondary N) is 1. The number of hydrogen-bond acceptors (Lipinski definition) is 5. The van der Waals surface area contributed by atoms with E-state index in [4.69, 9.17) is 4.74 Å². The summed E-state index contributed by atoms with van der Waals surface area (Å²) in [6, 6.07) is 5.21. The topological polar surface area (TPSA) is 67.6 Å². The molecule has 0 aliphatic rings. The van der Waals surface area contributed by atoms with Gasteiger partial charge in [0.05, 0.1) is 11.5 Å². The molecule has 20 heavy (non-hydrogen) atoms. The monoisotopic (exact) mass is 281 g/mol. The first kappa shape index (κ1) is 16.4. The molecule has 1 rings (SSSR count). The largest absolute Gasteiger partial charge is 0.380 e. The number of ether oxygens (including phenoxy) is 1. The molecule has 6 heteroatoms. The summed E-state index contributed by atoms with van der Waals surface area (Å²) in [5, 5.41) is 14.0. The zero-order chi connectivity index (χ0) is 15.0. The molecular formula is C14H23N3O3. The molecule has 0 heterocycles. The minimum absolute atomic E-state index is 0.118. The normalized spacial score (nSPS) is 10.8. The minimum atomic E-state index is -0.361. The average molecular weight is 281 g/mol. The molecule has 0 bridgehead atoms. The third-order valence-corrected chi connectivity index (χ3v) is 2.90. The predicted octanol–water partition coefficient (Wildman–Crippen LogP) is 2.49. The van der Waals surface area contributed by atoms with E-state index in [9.17, 15) is 10.1 Å². The fraction of sp³-hybridized carbons (Fsp3) is 0.571. The summed E-state index contributed by atoms with van der Waals surface area (Å²) < 4.78 is 5.31. The van der Waals surface area contributed by atoms with Gasteiger partial charge in [-0.2, -0.15) is 0 Å². The van der Waals surface area contributed by atoms with Crippen LogP contribution in [0.5, 0.6) is 0 Å². The highest BCUT2D eigenvalue weighted by atomic mass is 16.6. The molecule has 0 amide bonds. The number of likely N-dealkylation sites (N-methyl/N-ethyl adjacent to an activating group) is 1. The van der Waals surface area contributed by atoms with Gasteiger partial charge in [-0.3, -0.25) is 15.0 Å². The second-order valence-electron chi connectivity index (χ2n) is 4.57. The Morgan fingerprint density at radius 1 is 1.40 bits per heavy atom. The van der Waals surface area contributed by atoms with E-state index in [1.807, 2.05) is 27.0 Å². The third kappa shape index (κ3) is 5.14. The summed E-state index contributed by atoms with van der Waals surface area (Å²) in [5.41, 5.74) is 1.74. The molecule has 0 unspecified atom stereocenters. The van der Waals surface area contributed by atoms with Crippen LogP contribution in [0.15, 0.2) is 18.2 Å². The van der Waals surface area contributed by atoms with Crippen LogP contribution in [0.2, 0.25) is 0 Å². The number of anilines is 1. The molecule has 1 aromatic rings. The molecule has 1 aromatic carbocycles. The Hall–Kier alpha value is -1.66. The summed E-state index contributed by atoms with van der Waals surface area (Å²) in [5.74, 6) is 0. The van der Waals surface area contributed by atoms with Gasteiger partial charge in [0.2, 0.25) is 0 Å². The Morgan fingerprint density at radius 2 is 2.15 bits per heavy atom. The van der Waals surface area contributed by atoms with Crippen molar-refractivity contribution in [1.29, 1.82) is 0 Å². The summed E-state index contributed by atoms with van der Waals surface area (Å²) in [6.45, 7) is 7.54. The van der Waals surface area contributed by atoms with Gasteiger partial charge in [-0.05, 0) is 32.5 Å². The van der Waals surface area contributed by atoms with E-state index in [0.29, 0.717) is 18.8 Å². The number of nitro groups is 1. The van der Waals surface area contributed by atoms with Crippen molar-refractivity contribution in [1.82, 2.24) is 4.90 Å². The summed E-state index contributed by atoms with van der Waals surface area (Å²) in [6.07, 6.45) is 0. The summed E-state index contributed by atoms with van der Waals surface area (Å²) >= 11 is 0. The van der Waals surface area contributed by atoms with E-state index in [2.05, 4.69) is 10.2 Å². The average Bonchev–Trinajstić information content (AvgIpc) is 2.39. The quantitative estimate of drug-likeness (QED) is 0.428. The molecule has 0 aromatic heterocycles. The van der Waals surface area contributed by atoms with Crippen molar-refractivity contribution in [3.63, 3.8) is 0 Å². The van der Waals surface area contributed by atoms with Gasteiger partial charge in [0, 0.05) is 32.3 Å². The maximum Gasteiger partial charge on any atom is 0.292 e. The molecule has 0 radical (unpaired) electrons. The van der Waals surface area contributed by atoms with Crippen LogP contribution in [-0.2, 0) is 11.3 Å². The molecule has 112 valence electrons. The highest BCUT2D eigenvalue weighted by molar-refractivity contribution is 5.62. The van der Waals surface area contributed by atoms with Crippen molar-refractivity contribution in [3.8, 4) is 0 Å². The molecule has 0 aliphatic carbocycles. The van der Waals surface area contributed by atoms with E-state index >= 15 is 0 Å². The highest BCUT2D eigenvalue weighted by Crippen LogP contribution is 2.25. The van der Waals surface area contributed by atoms with Crippen LogP contribution in [0.3, 0.4) is 0 Å². The van der Waals surface area contributed by atoms with Crippen LogP contribution in [0.1, 0.15) is 19.4 Å². The maximum absolute atomic E-state index is 10.9. The molecule has 6 nitrogen and oxygen atoms in total. The lowest BCUT2D eigenvalue weighted by Crippen LogP contribution is -2.22. The SMILES string of the molecule is CCNc1cc(CN(C)CCOCC)ccc1[N+](=O)[O-]. The third-order valence-electron chi connectivity index (χ3n) is 2.90. The Balaban J connectivity index is 2.71. The number of rotatable bonds is 9. The van der Waals surface area contributed by atoms with Crippen LogP contribution in [0.4, 0.5) is 11.4 Å². The Labute approximate surface area is 119 Å². The summed E-state index contributed by atoms with van der Waals surface area (Å²) in [4.78, 5) is 12.7. The molecule has 0 fully saturated rings. The van der Waals surface area contributed by atoms with E-state index in [1.165, 1.54) is 0 Å².